The van der Waals surface area contributed by atoms with Crippen molar-refractivity contribution < 1.29 is 18.8 Å². The minimum absolute atomic E-state index is 0.113. The average molecular weight is 354 g/mol. The van der Waals surface area contributed by atoms with Crippen molar-refractivity contribution in [2.75, 3.05) is 20.3 Å². The fourth-order valence-corrected chi connectivity index (χ4v) is 2.81. The SMILES string of the molecule is COc1ccc(OCCNC(=O)Cc2noc3c(C)cc(C)cc23)cc1. The maximum Gasteiger partial charge on any atom is 0.226 e. The largest absolute Gasteiger partial charge is 0.497 e. The third-order valence-corrected chi connectivity index (χ3v) is 4.06. The van der Waals surface area contributed by atoms with Crippen LogP contribution in [0.3, 0.4) is 0 Å². The lowest BCUT2D eigenvalue weighted by Crippen LogP contribution is -2.29. The number of aromatic nitrogens is 1. The van der Waals surface area contributed by atoms with Gasteiger partial charge in [-0.3, -0.25) is 4.79 Å². The molecule has 0 bridgehead atoms. The number of carbonyl (C=O) groups excluding carboxylic acids is 1. The number of hydrogen-bond acceptors (Lipinski definition) is 5. The highest BCUT2D eigenvalue weighted by Gasteiger charge is 2.14. The second-order valence-corrected chi connectivity index (χ2v) is 6.14. The van der Waals surface area contributed by atoms with E-state index in [2.05, 4.69) is 10.5 Å². The van der Waals surface area contributed by atoms with Gasteiger partial charge in [-0.05, 0) is 55.3 Å². The molecule has 1 N–H and O–H groups in total. The number of nitrogens with zero attached hydrogens (tertiary/aromatic N) is 1. The Morgan fingerprint density at radius 1 is 1.15 bits per heavy atom. The van der Waals surface area contributed by atoms with Gasteiger partial charge in [-0.15, -0.1) is 0 Å². The molecule has 0 spiro atoms. The number of benzene rings is 2. The number of ether oxygens (including phenoxy) is 2. The van der Waals surface area contributed by atoms with Crippen molar-refractivity contribution in [3.63, 3.8) is 0 Å². The topological polar surface area (TPSA) is 73.6 Å². The zero-order valence-corrected chi connectivity index (χ0v) is 15.2. The summed E-state index contributed by atoms with van der Waals surface area (Å²) in [4.78, 5) is 12.2. The van der Waals surface area contributed by atoms with Crippen LogP contribution >= 0.6 is 0 Å². The zero-order chi connectivity index (χ0) is 18.5. The van der Waals surface area contributed by atoms with Crippen LogP contribution in [0.25, 0.3) is 11.0 Å². The van der Waals surface area contributed by atoms with Crippen molar-refractivity contribution in [1.29, 1.82) is 0 Å². The first-order valence-corrected chi connectivity index (χ1v) is 8.46. The maximum absolute atomic E-state index is 12.2. The fraction of sp³-hybridized carbons (Fsp3) is 0.300. The van der Waals surface area contributed by atoms with Gasteiger partial charge in [0.25, 0.3) is 0 Å². The summed E-state index contributed by atoms with van der Waals surface area (Å²) in [5, 5.41) is 7.78. The third-order valence-electron chi connectivity index (χ3n) is 4.06. The molecule has 1 aromatic heterocycles. The van der Waals surface area contributed by atoms with Crippen LogP contribution in [-0.4, -0.2) is 31.3 Å². The number of methoxy groups -OCH3 is 1. The van der Waals surface area contributed by atoms with Crippen molar-refractivity contribution in [2.24, 2.45) is 0 Å². The molecule has 0 saturated heterocycles. The monoisotopic (exact) mass is 354 g/mol. The van der Waals surface area contributed by atoms with Gasteiger partial charge in [0.2, 0.25) is 5.91 Å². The predicted molar refractivity (Wildman–Crippen MR) is 98.7 cm³/mol. The molecule has 3 aromatic rings. The van der Waals surface area contributed by atoms with Crippen molar-refractivity contribution in [3.8, 4) is 11.5 Å². The van der Waals surface area contributed by atoms with E-state index in [1.54, 1.807) is 7.11 Å². The van der Waals surface area contributed by atoms with Gasteiger partial charge < -0.3 is 19.3 Å². The second-order valence-electron chi connectivity index (χ2n) is 6.14. The van der Waals surface area contributed by atoms with E-state index in [4.69, 9.17) is 14.0 Å². The van der Waals surface area contributed by atoms with Gasteiger partial charge >= 0.3 is 0 Å². The Labute approximate surface area is 152 Å². The molecule has 136 valence electrons. The summed E-state index contributed by atoms with van der Waals surface area (Å²) in [5.41, 5.74) is 3.53. The van der Waals surface area contributed by atoms with E-state index < -0.39 is 0 Å². The first kappa shape index (κ1) is 17.8. The summed E-state index contributed by atoms with van der Waals surface area (Å²) in [5.74, 6) is 1.39. The molecule has 0 saturated carbocycles. The van der Waals surface area contributed by atoms with Crippen LogP contribution in [0.15, 0.2) is 40.9 Å². The van der Waals surface area contributed by atoms with Gasteiger partial charge in [0, 0.05) is 5.39 Å². The maximum atomic E-state index is 12.2. The molecule has 0 aliphatic heterocycles. The molecule has 0 radical (unpaired) electrons. The van der Waals surface area contributed by atoms with Gasteiger partial charge in [-0.1, -0.05) is 11.2 Å². The number of carbonyl (C=O) groups is 1. The molecule has 1 heterocycles. The smallest absolute Gasteiger partial charge is 0.226 e. The van der Waals surface area contributed by atoms with Crippen molar-refractivity contribution >= 4 is 16.9 Å². The van der Waals surface area contributed by atoms with Crippen LogP contribution in [0, 0.1) is 13.8 Å². The van der Waals surface area contributed by atoms with E-state index in [1.807, 2.05) is 50.2 Å². The van der Waals surface area contributed by atoms with Crippen LogP contribution < -0.4 is 14.8 Å². The van der Waals surface area contributed by atoms with E-state index in [-0.39, 0.29) is 12.3 Å². The number of hydrogen-bond donors (Lipinski definition) is 1. The Kier molecular flexibility index (Phi) is 5.41. The van der Waals surface area contributed by atoms with E-state index in [0.29, 0.717) is 18.8 Å². The van der Waals surface area contributed by atoms with Crippen LogP contribution in [0.1, 0.15) is 16.8 Å². The van der Waals surface area contributed by atoms with Crippen molar-refractivity contribution in [1.82, 2.24) is 10.5 Å². The number of fused-ring (bicyclic) bond motifs is 1. The molecule has 0 unspecified atom stereocenters. The summed E-state index contributed by atoms with van der Waals surface area (Å²) in [7, 11) is 1.62. The fourth-order valence-electron chi connectivity index (χ4n) is 2.81. The molecule has 26 heavy (non-hydrogen) atoms. The van der Waals surface area contributed by atoms with Crippen LogP contribution in [0.5, 0.6) is 11.5 Å². The molecule has 6 nitrogen and oxygen atoms in total. The third kappa shape index (κ3) is 4.14. The Bertz CT molecular complexity index is 900. The van der Waals surface area contributed by atoms with Crippen LogP contribution in [0.2, 0.25) is 0 Å². The van der Waals surface area contributed by atoms with Gasteiger partial charge in [0.1, 0.15) is 23.8 Å². The van der Waals surface area contributed by atoms with Gasteiger partial charge in [0.15, 0.2) is 5.58 Å². The van der Waals surface area contributed by atoms with Crippen LogP contribution in [-0.2, 0) is 11.2 Å². The number of rotatable bonds is 7. The summed E-state index contributed by atoms with van der Waals surface area (Å²) in [6.07, 6.45) is 0.179. The average Bonchev–Trinajstić information content (AvgIpc) is 3.02. The normalized spacial score (nSPS) is 10.7. The van der Waals surface area contributed by atoms with E-state index in [0.717, 1.165) is 33.6 Å². The summed E-state index contributed by atoms with van der Waals surface area (Å²) in [6.45, 7) is 4.79. The molecule has 1 amide bonds. The Balaban J connectivity index is 1.50. The summed E-state index contributed by atoms with van der Waals surface area (Å²) < 4.78 is 16.1. The predicted octanol–water partition coefficient (Wildman–Crippen LogP) is 3.19. The van der Waals surface area contributed by atoms with E-state index in [9.17, 15) is 4.79 Å². The number of nitrogens with one attached hydrogen (secondary N) is 1. The Morgan fingerprint density at radius 3 is 2.62 bits per heavy atom. The highest BCUT2D eigenvalue weighted by Crippen LogP contribution is 2.24. The lowest BCUT2D eigenvalue weighted by Gasteiger charge is -2.08. The lowest BCUT2D eigenvalue weighted by molar-refractivity contribution is -0.120. The molecule has 0 aliphatic carbocycles. The van der Waals surface area contributed by atoms with Crippen molar-refractivity contribution in [3.05, 3.63) is 53.2 Å². The Hall–Kier alpha value is -3.02. The highest BCUT2D eigenvalue weighted by molar-refractivity contribution is 5.88. The minimum Gasteiger partial charge on any atom is -0.497 e. The standard InChI is InChI=1S/C20H22N2O4/c1-13-10-14(2)20-17(11-13)18(22-26-20)12-19(23)21-8-9-25-16-6-4-15(24-3)5-7-16/h4-7,10-11H,8-9,12H2,1-3H3,(H,21,23). The minimum atomic E-state index is -0.113. The van der Waals surface area contributed by atoms with Gasteiger partial charge in [0.05, 0.1) is 20.1 Å². The first-order chi connectivity index (χ1) is 12.6. The lowest BCUT2D eigenvalue weighted by atomic mass is 10.1. The van der Waals surface area contributed by atoms with E-state index >= 15 is 0 Å². The summed E-state index contributed by atoms with van der Waals surface area (Å²) in [6, 6.07) is 11.3. The number of aryl methyl sites for hydroxylation is 2. The number of amides is 1. The zero-order valence-electron chi connectivity index (χ0n) is 15.2. The van der Waals surface area contributed by atoms with Gasteiger partial charge in [-0.25, -0.2) is 0 Å². The second kappa shape index (κ2) is 7.91. The quantitative estimate of drug-likeness (QED) is 0.660. The Morgan fingerprint density at radius 2 is 1.88 bits per heavy atom. The molecule has 0 fully saturated rings. The van der Waals surface area contributed by atoms with Gasteiger partial charge in [-0.2, -0.15) is 0 Å². The molecular formula is C20H22N2O4. The molecule has 2 aromatic carbocycles. The van der Waals surface area contributed by atoms with Crippen LogP contribution in [0.4, 0.5) is 0 Å². The van der Waals surface area contributed by atoms with Crippen molar-refractivity contribution in [2.45, 2.75) is 20.3 Å². The summed E-state index contributed by atoms with van der Waals surface area (Å²) >= 11 is 0. The molecule has 6 heteroatoms. The highest BCUT2D eigenvalue weighted by atomic mass is 16.5. The van der Waals surface area contributed by atoms with E-state index in [1.165, 1.54) is 0 Å². The molecule has 0 aliphatic rings. The molecule has 3 rings (SSSR count). The molecule has 0 atom stereocenters. The first-order valence-electron chi connectivity index (χ1n) is 8.46. The molecular weight excluding hydrogens is 332 g/mol.